The van der Waals surface area contributed by atoms with E-state index in [-0.39, 0.29) is 25.2 Å². The zero-order valence-corrected chi connectivity index (χ0v) is 61.6. The lowest BCUT2D eigenvalue weighted by molar-refractivity contribution is -0.161. The summed E-state index contributed by atoms with van der Waals surface area (Å²) in [6.07, 6.45) is 118. The zero-order chi connectivity index (χ0) is 66.1. The van der Waals surface area contributed by atoms with Gasteiger partial charge in [-0.2, -0.15) is 0 Å². The number of allylic oxidation sites excluding steroid dienone is 16. The summed E-state index contributed by atoms with van der Waals surface area (Å²) in [6, 6.07) is 0. The highest BCUT2D eigenvalue weighted by atomic mass is 16.6. The van der Waals surface area contributed by atoms with Gasteiger partial charge in [0.2, 0.25) is 0 Å². The number of ether oxygens (including phenoxy) is 2. The summed E-state index contributed by atoms with van der Waals surface area (Å²) in [5.74, 6) is -0.567. The number of aliphatic hydroxyl groups is 1. The van der Waals surface area contributed by atoms with E-state index in [1.807, 2.05) is 0 Å². The third-order valence-electron chi connectivity index (χ3n) is 18.4. The summed E-state index contributed by atoms with van der Waals surface area (Å²) in [5.41, 5.74) is 0. The molecule has 0 aromatic rings. The van der Waals surface area contributed by atoms with Gasteiger partial charge in [0.1, 0.15) is 6.61 Å². The van der Waals surface area contributed by atoms with E-state index in [1.165, 1.54) is 315 Å². The molecular weight excluding hydrogens is 1120 g/mol. The third-order valence-corrected chi connectivity index (χ3v) is 18.4. The first-order chi connectivity index (χ1) is 45.6. The molecule has 0 saturated heterocycles. The Balaban J connectivity index is 3.39. The average molecular weight is 1280 g/mol. The number of carbonyl (C=O) groups is 2. The zero-order valence-electron chi connectivity index (χ0n) is 61.6. The fourth-order valence-electron chi connectivity index (χ4n) is 12.3. The Morgan fingerprint density at radius 2 is 0.467 bits per heavy atom. The number of esters is 2. The van der Waals surface area contributed by atoms with E-state index < -0.39 is 6.10 Å². The van der Waals surface area contributed by atoms with Crippen molar-refractivity contribution in [3.8, 4) is 0 Å². The summed E-state index contributed by atoms with van der Waals surface area (Å²) in [6.45, 7) is 4.07. The summed E-state index contributed by atoms with van der Waals surface area (Å²) < 4.78 is 10.8. The minimum absolute atomic E-state index is 0.0615. The summed E-state index contributed by atoms with van der Waals surface area (Å²) >= 11 is 0. The molecule has 0 radical (unpaired) electrons. The Morgan fingerprint density at radius 3 is 0.707 bits per heavy atom. The molecule has 1 unspecified atom stereocenters. The predicted octanol–water partition coefficient (Wildman–Crippen LogP) is 28.9. The lowest BCUT2D eigenvalue weighted by Crippen LogP contribution is -2.28. The SMILES string of the molecule is CC/C=C\C/C=C\C/C=C\C/C=C\C/C=C\C/C=C\CCCCCCCCCCCCCCCCCCCCCCCCC(=O)OC(CO)COC(=O)CCCCCCCCCCCCCCCCCCCCCCCCCCC/C=C\C/C=C\CCCCCCC. The molecule has 0 amide bonds. The predicted molar refractivity (Wildman–Crippen MR) is 408 cm³/mol. The first kappa shape index (κ1) is 88.8. The molecule has 0 aliphatic rings. The maximum atomic E-state index is 12.4. The molecule has 0 heterocycles. The number of rotatable bonds is 76. The fourth-order valence-corrected chi connectivity index (χ4v) is 12.3. The molecule has 92 heavy (non-hydrogen) atoms. The highest BCUT2D eigenvalue weighted by Crippen LogP contribution is 2.20. The molecule has 0 saturated carbocycles. The van der Waals surface area contributed by atoms with Crippen molar-refractivity contribution >= 4 is 11.9 Å². The Hall–Kier alpha value is -3.18. The van der Waals surface area contributed by atoms with Gasteiger partial charge in [0, 0.05) is 12.8 Å². The fraction of sp³-hybridized carbons (Fsp3) is 0.793. The monoisotopic (exact) mass is 1280 g/mol. The second kappa shape index (κ2) is 82.1. The van der Waals surface area contributed by atoms with Crippen LogP contribution in [0, 0.1) is 0 Å². The molecule has 1 N–H and O–H groups in total. The van der Waals surface area contributed by atoms with Gasteiger partial charge in [-0.3, -0.25) is 9.59 Å². The Morgan fingerprint density at radius 1 is 0.261 bits per heavy atom. The molecule has 5 nitrogen and oxygen atoms in total. The Bertz CT molecular complexity index is 1700. The van der Waals surface area contributed by atoms with Crippen LogP contribution in [-0.2, 0) is 19.1 Å². The van der Waals surface area contributed by atoms with E-state index in [0.717, 1.165) is 83.5 Å². The molecule has 0 bridgehead atoms. The number of hydrogen-bond donors (Lipinski definition) is 1. The Kier molecular flexibility index (Phi) is 79.2. The van der Waals surface area contributed by atoms with Gasteiger partial charge in [-0.1, -0.05) is 413 Å². The van der Waals surface area contributed by atoms with Gasteiger partial charge in [0.15, 0.2) is 6.10 Å². The molecule has 0 fully saturated rings. The number of hydrogen-bond acceptors (Lipinski definition) is 5. The van der Waals surface area contributed by atoms with Crippen molar-refractivity contribution in [1.82, 2.24) is 0 Å². The van der Waals surface area contributed by atoms with Crippen LogP contribution >= 0.6 is 0 Å². The van der Waals surface area contributed by atoms with E-state index >= 15 is 0 Å². The van der Waals surface area contributed by atoms with Crippen LogP contribution in [-0.4, -0.2) is 36.4 Å². The maximum Gasteiger partial charge on any atom is 0.306 e. The second-order valence-electron chi connectivity index (χ2n) is 27.5. The van der Waals surface area contributed by atoms with Crippen molar-refractivity contribution in [2.45, 2.75) is 431 Å². The van der Waals surface area contributed by atoms with Gasteiger partial charge in [-0.15, -0.1) is 0 Å². The Labute approximate surface area is 574 Å². The first-order valence-corrected chi connectivity index (χ1v) is 40.8. The minimum atomic E-state index is -0.774. The first-order valence-electron chi connectivity index (χ1n) is 40.8. The standard InChI is InChI=1S/C87H156O5/c1-3-5-7-9-11-13-15-17-19-21-23-25-27-29-31-33-35-37-39-41-42-43-44-46-48-50-52-54-56-58-60-62-64-66-68-70-72-74-76-78-80-82-87(90)92-85(83-88)84-91-86(89)81-79-77-75-73-71-69-67-65-63-61-59-57-55-53-51-49-47-45-40-38-36-34-32-30-28-26-24-22-20-18-16-14-12-10-8-6-4-2/h5,7,11,13,16-19,22-25,29,31,35,37,85,88H,3-4,6,8-10,12,14-15,20-21,26-28,30,32-34,36,38-84H2,1-2H3/b7-5-,13-11-,18-16-,19-17-,24-22-,25-23-,31-29-,37-35-. The number of aliphatic hydroxyl groups excluding tert-OH is 1. The molecule has 5 heteroatoms. The molecule has 0 aliphatic heterocycles. The van der Waals surface area contributed by atoms with Crippen LogP contribution in [0.4, 0.5) is 0 Å². The van der Waals surface area contributed by atoms with E-state index in [2.05, 4.69) is 111 Å². The van der Waals surface area contributed by atoms with Crippen LogP contribution in [0.2, 0.25) is 0 Å². The molecule has 1 atom stereocenters. The van der Waals surface area contributed by atoms with Crippen molar-refractivity contribution in [1.29, 1.82) is 0 Å². The maximum absolute atomic E-state index is 12.4. The van der Waals surface area contributed by atoms with Gasteiger partial charge in [0.25, 0.3) is 0 Å². The van der Waals surface area contributed by atoms with Crippen LogP contribution in [0.3, 0.4) is 0 Å². The second-order valence-corrected chi connectivity index (χ2v) is 27.5. The number of carbonyl (C=O) groups excluding carboxylic acids is 2. The molecule has 0 rings (SSSR count). The van der Waals surface area contributed by atoms with E-state index in [1.54, 1.807) is 0 Å². The van der Waals surface area contributed by atoms with Crippen molar-refractivity contribution in [2.24, 2.45) is 0 Å². The lowest BCUT2D eigenvalue weighted by atomic mass is 10.0. The average Bonchev–Trinajstić information content (AvgIpc) is 3.64. The summed E-state index contributed by atoms with van der Waals surface area (Å²) in [4.78, 5) is 24.7. The van der Waals surface area contributed by atoms with Gasteiger partial charge in [-0.25, -0.2) is 0 Å². The van der Waals surface area contributed by atoms with Crippen molar-refractivity contribution in [2.75, 3.05) is 13.2 Å². The molecular formula is C87H156O5. The molecule has 0 aliphatic carbocycles. The van der Waals surface area contributed by atoms with Crippen molar-refractivity contribution in [3.05, 3.63) is 97.2 Å². The normalized spacial score (nSPS) is 12.7. The number of unbranched alkanes of at least 4 members (excludes halogenated alkanes) is 52. The van der Waals surface area contributed by atoms with Crippen LogP contribution in [0.5, 0.6) is 0 Å². The van der Waals surface area contributed by atoms with E-state index in [0.29, 0.717) is 12.8 Å². The van der Waals surface area contributed by atoms with Gasteiger partial charge in [-0.05, 0) is 96.3 Å². The molecule has 0 aromatic carbocycles. The van der Waals surface area contributed by atoms with Gasteiger partial charge >= 0.3 is 11.9 Å². The molecule has 534 valence electrons. The smallest absolute Gasteiger partial charge is 0.306 e. The third kappa shape index (κ3) is 79.3. The highest BCUT2D eigenvalue weighted by molar-refractivity contribution is 5.70. The highest BCUT2D eigenvalue weighted by Gasteiger charge is 2.16. The van der Waals surface area contributed by atoms with Crippen LogP contribution < -0.4 is 0 Å². The summed E-state index contributed by atoms with van der Waals surface area (Å²) in [5, 5.41) is 9.74. The topological polar surface area (TPSA) is 72.8 Å². The van der Waals surface area contributed by atoms with Crippen LogP contribution in [0.15, 0.2) is 97.2 Å². The van der Waals surface area contributed by atoms with E-state index in [4.69, 9.17) is 9.47 Å². The van der Waals surface area contributed by atoms with Crippen LogP contribution in [0.25, 0.3) is 0 Å². The molecule has 0 spiro atoms. The van der Waals surface area contributed by atoms with Gasteiger partial charge in [0.05, 0.1) is 6.61 Å². The quantitative estimate of drug-likeness (QED) is 0.0373. The lowest BCUT2D eigenvalue weighted by Gasteiger charge is -2.15. The van der Waals surface area contributed by atoms with Crippen molar-refractivity contribution in [3.63, 3.8) is 0 Å². The molecule has 0 aromatic heterocycles. The van der Waals surface area contributed by atoms with Crippen LogP contribution in [0.1, 0.15) is 425 Å². The van der Waals surface area contributed by atoms with Crippen molar-refractivity contribution < 1.29 is 24.2 Å². The minimum Gasteiger partial charge on any atom is -0.462 e. The van der Waals surface area contributed by atoms with Gasteiger partial charge < -0.3 is 14.6 Å². The summed E-state index contributed by atoms with van der Waals surface area (Å²) in [7, 11) is 0. The largest absolute Gasteiger partial charge is 0.462 e. The van der Waals surface area contributed by atoms with E-state index in [9.17, 15) is 14.7 Å².